The maximum Gasteiger partial charge on any atom is 0.339 e. The lowest BCUT2D eigenvalue weighted by Crippen LogP contribution is -3.10. The van der Waals surface area contributed by atoms with Crippen LogP contribution < -0.4 is 15.3 Å². The highest BCUT2D eigenvalue weighted by Crippen LogP contribution is 2.33. The first-order valence-electron chi connectivity index (χ1n) is 10.3. The Bertz CT molecular complexity index is 1080. The zero-order valence-corrected chi connectivity index (χ0v) is 16.3. The first-order chi connectivity index (χ1) is 13.7. The Hall–Kier alpha value is -2.59. The van der Waals surface area contributed by atoms with Gasteiger partial charge in [0.1, 0.15) is 18.8 Å². The van der Waals surface area contributed by atoms with Crippen LogP contribution in [0.5, 0.6) is 5.75 Å². The maximum absolute atomic E-state index is 12.7. The smallest absolute Gasteiger partial charge is 0.339 e. The van der Waals surface area contributed by atoms with Crippen molar-refractivity contribution in [2.24, 2.45) is 0 Å². The molecule has 1 atom stereocenters. The van der Waals surface area contributed by atoms with Gasteiger partial charge in [-0.2, -0.15) is 0 Å². The fraction of sp³-hybridized carbons (Fsp3) is 0.375. The van der Waals surface area contributed by atoms with E-state index in [1.54, 1.807) is 0 Å². The summed E-state index contributed by atoms with van der Waals surface area (Å²) in [6.45, 7) is 4.43. The molecule has 2 aliphatic rings. The first-order valence-corrected chi connectivity index (χ1v) is 10.3. The van der Waals surface area contributed by atoms with E-state index in [-0.39, 0.29) is 5.63 Å². The highest BCUT2D eigenvalue weighted by molar-refractivity contribution is 5.86. The number of rotatable bonds is 2. The zero-order chi connectivity index (χ0) is 19.1. The minimum Gasteiger partial charge on any atom is -0.445 e. The third kappa shape index (κ3) is 3.12. The highest BCUT2D eigenvalue weighted by atomic mass is 16.5. The molecule has 1 aliphatic carbocycles. The Balaban J connectivity index is 1.54. The van der Waals surface area contributed by atoms with Crippen molar-refractivity contribution in [3.05, 3.63) is 74.6 Å². The van der Waals surface area contributed by atoms with Gasteiger partial charge in [0.25, 0.3) is 0 Å². The molecule has 5 rings (SSSR count). The van der Waals surface area contributed by atoms with Crippen molar-refractivity contribution in [1.82, 2.24) is 0 Å². The first kappa shape index (κ1) is 17.5. The van der Waals surface area contributed by atoms with E-state index in [0.29, 0.717) is 6.73 Å². The summed E-state index contributed by atoms with van der Waals surface area (Å²) in [7, 11) is 0. The Morgan fingerprint density at radius 2 is 1.71 bits per heavy atom. The molecular formula is C24H26NO3+. The summed E-state index contributed by atoms with van der Waals surface area (Å²) >= 11 is 0. The molecule has 28 heavy (non-hydrogen) atoms. The van der Waals surface area contributed by atoms with Crippen molar-refractivity contribution < 1.29 is 14.1 Å². The second-order valence-electron chi connectivity index (χ2n) is 8.20. The lowest BCUT2D eigenvalue weighted by molar-refractivity contribution is -0.945. The third-order valence-electron chi connectivity index (χ3n) is 6.13. The van der Waals surface area contributed by atoms with E-state index < -0.39 is 0 Å². The Morgan fingerprint density at radius 3 is 2.54 bits per heavy atom. The number of hydrogen-bond donors (Lipinski definition) is 1. The monoisotopic (exact) mass is 376 g/mol. The van der Waals surface area contributed by atoms with E-state index in [1.165, 1.54) is 28.0 Å². The van der Waals surface area contributed by atoms with Crippen LogP contribution in [-0.4, -0.2) is 6.73 Å². The molecule has 3 aromatic rings. The highest BCUT2D eigenvalue weighted by Gasteiger charge is 2.26. The van der Waals surface area contributed by atoms with Crippen LogP contribution in [-0.2, 0) is 25.9 Å². The number of quaternary nitrogens is 1. The standard InChI is InChI=1S/C24H25NO3/c1-16-7-9-17(10-8-16)13-25-14-21-22(27-15-25)12-11-19-18-5-3-2-4-6-20(18)24(26)28-23(19)21/h7-12H,2-6,13-15H2,1H3/p+1. The van der Waals surface area contributed by atoms with Gasteiger partial charge in [-0.15, -0.1) is 0 Å². The summed E-state index contributed by atoms with van der Waals surface area (Å²) in [4.78, 5) is 14.0. The molecule has 0 saturated carbocycles. The molecule has 2 aromatic carbocycles. The SMILES string of the molecule is Cc1ccc(C[NH+]2COc3ccc4c5c(c(=O)oc4c3C2)CCCCC5)cc1. The largest absolute Gasteiger partial charge is 0.445 e. The van der Waals surface area contributed by atoms with E-state index in [2.05, 4.69) is 43.3 Å². The summed E-state index contributed by atoms with van der Waals surface area (Å²) in [6.07, 6.45) is 5.21. The predicted molar refractivity (Wildman–Crippen MR) is 109 cm³/mol. The molecule has 1 unspecified atom stereocenters. The van der Waals surface area contributed by atoms with Crippen molar-refractivity contribution >= 4 is 11.0 Å². The molecule has 0 spiro atoms. The van der Waals surface area contributed by atoms with Crippen molar-refractivity contribution in [3.8, 4) is 5.75 Å². The van der Waals surface area contributed by atoms with Gasteiger partial charge in [-0.25, -0.2) is 4.79 Å². The molecule has 0 bridgehead atoms. The number of hydrogen-bond acceptors (Lipinski definition) is 3. The van der Waals surface area contributed by atoms with Gasteiger partial charge in [-0.05, 0) is 50.3 Å². The Labute approximate surface area is 164 Å². The van der Waals surface area contributed by atoms with Crippen LogP contribution in [0, 0.1) is 6.92 Å². The van der Waals surface area contributed by atoms with Crippen LogP contribution in [0.1, 0.15) is 47.1 Å². The summed E-state index contributed by atoms with van der Waals surface area (Å²) < 4.78 is 11.9. The molecule has 0 amide bonds. The lowest BCUT2D eigenvalue weighted by atomic mass is 9.98. The number of benzene rings is 2. The van der Waals surface area contributed by atoms with E-state index in [0.717, 1.165) is 66.6 Å². The quantitative estimate of drug-likeness (QED) is 0.551. The normalized spacial score (nSPS) is 18.8. The predicted octanol–water partition coefficient (Wildman–Crippen LogP) is 3.31. The zero-order valence-electron chi connectivity index (χ0n) is 16.3. The van der Waals surface area contributed by atoms with Crippen LogP contribution in [0.4, 0.5) is 0 Å². The second-order valence-corrected chi connectivity index (χ2v) is 8.20. The van der Waals surface area contributed by atoms with Gasteiger partial charge in [0.15, 0.2) is 5.58 Å². The molecule has 0 radical (unpaired) electrons. The van der Waals surface area contributed by atoms with Gasteiger partial charge in [0.2, 0.25) is 6.73 Å². The van der Waals surface area contributed by atoms with E-state index >= 15 is 0 Å². The van der Waals surface area contributed by atoms with Crippen molar-refractivity contribution in [3.63, 3.8) is 0 Å². The number of aryl methyl sites for hydroxylation is 2. The van der Waals surface area contributed by atoms with Gasteiger partial charge in [-0.1, -0.05) is 36.2 Å². The molecule has 4 heteroatoms. The van der Waals surface area contributed by atoms with Crippen molar-refractivity contribution in [1.29, 1.82) is 0 Å². The maximum atomic E-state index is 12.7. The lowest BCUT2D eigenvalue weighted by Gasteiger charge is -2.27. The van der Waals surface area contributed by atoms with E-state index in [1.807, 2.05) is 0 Å². The van der Waals surface area contributed by atoms with Gasteiger partial charge >= 0.3 is 5.63 Å². The molecule has 0 saturated heterocycles. The fourth-order valence-corrected chi connectivity index (χ4v) is 4.61. The van der Waals surface area contributed by atoms with Gasteiger partial charge in [0, 0.05) is 16.5 Å². The molecule has 4 nitrogen and oxygen atoms in total. The number of nitrogens with one attached hydrogen (secondary N) is 1. The van der Waals surface area contributed by atoms with Crippen LogP contribution in [0.2, 0.25) is 0 Å². The average Bonchev–Trinajstić information content (AvgIpc) is 2.97. The Kier molecular flexibility index (Phi) is 4.44. The number of fused-ring (bicyclic) bond motifs is 5. The summed E-state index contributed by atoms with van der Waals surface area (Å²) in [6, 6.07) is 12.8. The van der Waals surface area contributed by atoms with Crippen LogP contribution in [0.25, 0.3) is 11.0 Å². The minimum atomic E-state index is -0.150. The summed E-state index contributed by atoms with van der Waals surface area (Å²) in [5.74, 6) is 0.858. The molecule has 1 aromatic heterocycles. The van der Waals surface area contributed by atoms with Gasteiger partial charge in [-0.3, -0.25) is 4.90 Å². The van der Waals surface area contributed by atoms with Crippen LogP contribution >= 0.6 is 0 Å². The van der Waals surface area contributed by atoms with Gasteiger partial charge < -0.3 is 9.15 Å². The van der Waals surface area contributed by atoms with Crippen LogP contribution in [0.3, 0.4) is 0 Å². The molecule has 1 N–H and O–H groups in total. The van der Waals surface area contributed by atoms with Crippen molar-refractivity contribution in [2.75, 3.05) is 6.73 Å². The molecule has 1 aliphatic heterocycles. The molecule has 144 valence electrons. The average molecular weight is 376 g/mol. The number of ether oxygens (including phenoxy) is 1. The Morgan fingerprint density at radius 1 is 0.929 bits per heavy atom. The van der Waals surface area contributed by atoms with Crippen LogP contribution in [0.15, 0.2) is 45.6 Å². The summed E-state index contributed by atoms with van der Waals surface area (Å²) in [5, 5.41) is 1.11. The molecule has 0 fully saturated rings. The minimum absolute atomic E-state index is 0.150. The molecule has 2 heterocycles. The molecular weight excluding hydrogens is 350 g/mol. The van der Waals surface area contributed by atoms with Crippen molar-refractivity contribution in [2.45, 2.75) is 52.1 Å². The third-order valence-corrected chi connectivity index (χ3v) is 6.13. The van der Waals surface area contributed by atoms with E-state index in [9.17, 15) is 4.79 Å². The van der Waals surface area contributed by atoms with Gasteiger partial charge in [0.05, 0.1) is 5.56 Å². The van der Waals surface area contributed by atoms with E-state index in [4.69, 9.17) is 9.15 Å². The summed E-state index contributed by atoms with van der Waals surface area (Å²) in [5.41, 5.74) is 6.29. The second kappa shape index (κ2) is 7.10. The fourth-order valence-electron chi connectivity index (χ4n) is 4.61. The topological polar surface area (TPSA) is 43.9 Å².